The number of carbonyl (C=O) groups excluding carboxylic acids is 2. The third-order valence-corrected chi connectivity index (χ3v) is 8.33. The molecule has 1 amide bonds. The standard InChI is InChI=1S/C24H27NO6/c1-22(8-7-18(27)25-15-5-3-4-14(19(15)28)21(29)30)17(26)6-9-24-11-13-10-16(20(22)24)31-23(13,2)12-24/h3-6,9,13,16,20,28H,7-8,10-12H2,1-2H3,(H,25,27)(H,29,30)/t13-,16+,20+,22-,23+,24+/m1/s1. The van der Waals surface area contributed by atoms with Gasteiger partial charge in [-0.2, -0.15) is 0 Å². The number of aromatic hydroxyl groups is 1. The molecule has 31 heavy (non-hydrogen) atoms. The van der Waals surface area contributed by atoms with E-state index in [1.807, 2.05) is 6.92 Å². The summed E-state index contributed by atoms with van der Waals surface area (Å²) in [4.78, 5) is 36.9. The van der Waals surface area contributed by atoms with Gasteiger partial charge in [0.05, 0.1) is 17.4 Å². The quantitative estimate of drug-likeness (QED) is 0.622. The number of nitrogens with one attached hydrogen (secondary N) is 1. The molecule has 1 aromatic carbocycles. The predicted molar refractivity (Wildman–Crippen MR) is 112 cm³/mol. The zero-order valence-corrected chi connectivity index (χ0v) is 17.7. The third-order valence-electron chi connectivity index (χ3n) is 8.33. The highest BCUT2D eigenvalue weighted by Crippen LogP contribution is 2.71. The van der Waals surface area contributed by atoms with Crippen LogP contribution in [0.4, 0.5) is 5.69 Å². The Morgan fingerprint density at radius 2 is 2.06 bits per heavy atom. The van der Waals surface area contributed by atoms with E-state index in [4.69, 9.17) is 9.84 Å². The van der Waals surface area contributed by atoms with Gasteiger partial charge in [0.25, 0.3) is 0 Å². The second-order valence-corrected chi connectivity index (χ2v) is 10.2. The Hall–Kier alpha value is -2.67. The van der Waals surface area contributed by atoms with Gasteiger partial charge in [-0.1, -0.05) is 19.1 Å². The van der Waals surface area contributed by atoms with E-state index in [1.54, 1.807) is 6.08 Å². The fraction of sp³-hybridized carbons (Fsp3) is 0.542. The average Bonchev–Trinajstić information content (AvgIpc) is 3.06. The molecule has 0 unspecified atom stereocenters. The van der Waals surface area contributed by atoms with Crippen LogP contribution in [0.25, 0.3) is 0 Å². The Bertz CT molecular complexity index is 1030. The first-order valence-electron chi connectivity index (χ1n) is 10.8. The lowest BCUT2D eigenvalue weighted by molar-refractivity contribution is -0.169. The van der Waals surface area contributed by atoms with E-state index in [9.17, 15) is 19.5 Å². The number of anilines is 1. The monoisotopic (exact) mass is 425 g/mol. The number of carboxylic acids is 1. The number of para-hydroxylation sites is 1. The Labute approximate surface area is 180 Å². The molecule has 0 aromatic heterocycles. The molecule has 2 saturated carbocycles. The number of carboxylic acid groups (broad SMARTS) is 1. The Balaban J connectivity index is 1.34. The number of ether oxygens (including phenoxy) is 1. The number of ketones is 1. The minimum Gasteiger partial charge on any atom is -0.505 e. The number of amides is 1. The van der Waals surface area contributed by atoms with E-state index in [0.717, 1.165) is 19.3 Å². The fourth-order valence-corrected chi connectivity index (χ4v) is 7.04. The molecule has 1 aromatic rings. The van der Waals surface area contributed by atoms with Gasteiger partial charge in [-0.05, 0) is 62.1 Å². The first kappa shape index (κ1) is 20.2. The van der Waals surface area contributed by atoms with Crippen molar-refractivity contribution < 1.29 is 29.3 Å². The van der Waals surface area contributed by atoms with E-state index in [0.29, 0.717) is 12.3 Å². The summed E-state index contributed by atoms with van der Waals surface area (Å²) in [6.45, 7) is 4.15. The number of hydrogen-bond donors (Lipinski definition) is 3. The lowest BCUT2D eigenvalue weighted by Gasteiger charge is -2.55. The zero-order chi connectivity index (χ0) is 22.2. The van der Waals surface area contributed by atoms with E-state index in [-0.39, 0.29) is 52.4 Å². The van der Waals surface area contributed by atoms with Crippen molar-refractivity contribution in [2.45, 2.75) is 57.7 Å². The highest BCUT2D eigenvalue weighted by Gasteiger charge is 2.71. The molecule has 6 atom stereocenters. The molecule has 7 heteroatoms. The molecule has 0 radical (unpaired) electrons. The highest BCUT2D eigenvalue weighted by molar-refractivity contribution is 5.99. The van der Waals surface area contributed by atoms with Crippen molar-refractivity contribution in [3.05, 3.63) is 35.9 Å². The number of phenols is 1. The van der Waals surface area contributed by atoms with E-state index < -0.39 is 17.1 Å². The summed E-state index contributed by atoms with van der Waals surface area (Å²) in [6, 6.07) is 4.18. The maximum absolute atomic E-state index is 13.1. The Morgan fingerprint density at radius 1 is 1.29 bits per heavy atom. The highest BCUT2D eigenvalue weighted by atomic mass is 16.5. The van der Waals surface area contributed by atoms with Gasteiger partial charge in [-0.25, -0.2) is 4.79 Å². The second kappa shape index (κ2) is 6.42. The van der Waals surface area contributed by atoms with Crippen LogP contribution in [0.2, 0.25) is 0 Å². The Kier molecular flexibility index (Phi) is 4.19. The molecule has 4 fully saturated rings. The minimum absolute atomic E-state index is 0.0339. The molecule has 2 aliphatic heterocycles. The van der Waals surface area contributed by atoms with Gasteiger partial charge in [0, 0.05) is 17.8 Å². The number of hydrogen-bond acceptors (Lipinski definition) is 5. The molecule has 2 saturated heterocycles. The van der Waals surface area contributed by atoms with Crippen molar-refractivity contribution in [1.29, 1.82) is 0 Å². The molecule has 3 aliphatic carbocycles. The summed E-state index contributed by atoms with van der Waals surface area (Å²) in [7, 11) is 0. The summed E-state index contributed by atoms with van der Waals surface area (Å²) in [6.07, 6.45) is 7.26. The maximum atomic E-state index is 13.1. The number of carbonyl (C=O) groups is 3. The van der Waals surface area contributed by atoms with Crippen LogP contribution in [0.3, 0.4) is 0 Å². The van der Waals surface area contributed by atoms with Crippen LogP contribution in [0, 0.1) is 22.7 Å². The van der Waals surface area contributed by atoms with Crippen LogP contribution in [-0.4, -0.2) is 39.6 Å². The molecule has 6 rings (SSSR count). The molecule has 1 spiro atoms. The van der Waals surface area contributed by atoms with Gasteiger partial charge in [0.1, 0.15) is 5.56 Å². The van der Waals surface area contributed by atoms with Crippen LogP contribution in [0.5, 0.6) is 5.75 Å². The molecular weight excluding hydrogens is 398 g/mol. The van der Waals surface area contributed by atoms with Gasteiger partial charge in [-0.15, -0.1) is 0 Å². The number of aromatic carboxylic acids is 1. The van der Waals surface area contributed by atoms with E-state index in [1.165, 1.54) is 18.2 Å². The maximum Gasteiger partial charge on any atom is 0.339 e. The minimum atomic E-state index is -1.27. The largest absolute Gasteiger partial charge is 0.505 e. The van der Waals surface area contributed by atoms with Gasteiger partial charge >= 0.3 is 5.97 Å². The summed E-state index contributed by atoms with van der Waals surface area (Å²) in [5.41, 5.74) is -1.05. The van der Waals surface area contributed by atoms with Crippen LogP contribution in [-0.2, 0) is 14.3 Å². The van der Waals surface area contributed by atoms with Crippen molar-refractivity contribution in [2.75, 3.05) is 5.32 Å². The van der Waals surface area contributed by atoms with Crippen LogP contribution >= 0.6 is 0 Å². The lowest BCUT2D eigenvalue weighted by Crippen LogP contribution is -2.56. The van der Waals surface area contributed by atoms with Crippen molar-refractivity contribution in [1.82, 2.24) is 0 Å². The topological polar surface area (TPSA) is 113 Å². The summed E-state index contributed by atoms with van der Waals surface area (Å²) in [5, 5.41) is 21.9. The summed E-state index contributed by atoms with van der Waals surface area (Å²) in [5.74, 6) is -1.49. The van der Waals surface area contributed by atoms with Crippen LogP contribution < -0.4 is 5.32 Å². The summed E-state index contributed by atoms with van der Waals surface area (Å²) >= 11 is 0. The normalized spacial score (nSPS) is 39.5. The molecule has 7 nitrogen and oxygen atoms in total. The molecule has 4 bridgehead atoms. The molecule has 164 valence electrons. The Morgan fingerprint density at radius 3 is 2.77 bits per heavy atom. The number of rotatable bonds is 5. The van der Waals surface area contributed by atoms with Crippen molar-refractivity contribution in [2.24, 2.45) is 22.7 Å². The number of allylic oxidation sites excluding steroid dienone is 2. The second-order valence-electron chi connectivity index (χ2n) is 10.2. The molecule has 2 heterocycles. The first-order chi connectivity index (χ1) is 14.6. The number of benzene rings is 1. The van der Waals surface area contributed by atoms with Gasteiger partial charge < -0.3 is 20.3 Å². The lowest BCUT2D eigenvalue weighted by atomic mass is 9.51. The van der Waals surface area contributed by atoms with E-state index in [2.05, 4.69) is 18.3 Å². The van der Waals surface area contributed by atoms with Crippen molar-refractivity contribution >= 4 is 23.3 Å². The van der Waals surface area contributed by atoms with Gasteiger partial charge in [0.15, 0.2) is 11.5 Å². The summed E-state index contributed by atoms with van der Waals surface area (Å²) < 4.78 is 6.43. The molecule has 3 N–H and O–H groups in total. The van der Waals surface area contributed by atoms with Crippen LogP contribution in [0.15, 0.2) is 30.4 Å². The van der Waals surface area contributed by atoms with Crippen LogP contribution in [0.1, 0.15) is 56.3 Å². The molecular formula is C24H27NO6. The van der Waals surface area contributed by atoms with E-state index >= 15 is 0 Å². The van der Waals surface area contributed by atoms with Crippen molar-refractivity contribution in [3.8, 4) is 5.75 Å². The molecule has 5 aliphatic rings. The first-order valence-corrected chi connectivity index (χ1v) is 10.8. The predicted octanol–water partition coefficient (Wildman–Crippen LogP) is 3.53. The smallest absolute Gasteiger partial charge is 0.339 e. The third kappa shape index (κ3) is 2.79. The van der Waals surface area contributed by atoms with Crippen molar-refractivity contribution in [3.63, 3.8) is 0 Å². The average molecular weight is 425 g/mol. The SMILES string of the molecule is C[C@]12C[C@@]34C=CC(=O)[C@@](C)(CCC(=O)Nc5cccc(C(=O)O)c5O)[C@@H]3[C@H](C[C@@H]1C4)O2. The van der Waals surface area contributed by atoms with Gasteiger partial charge in [0.2, 0.25) is 5.91 Å². The fourth-order valence-electron chi connectivity index (χ4n) is 7.04. The zero-order valence-electron chi connectivity index (χ0n) is 17.7. The van der Waals surface area contributed by atoms with Gasteiger partial charge in [-0.3, -0.25) is 9.59 Å².